The Bertz CT molecular complexity index is 1400. The van der Waals surface area contributed by atoms with Gasteiger partial charge in [0.15, 0.2) is 5.82 Å². The number of hydrogen-bond donors (Lipinski definition) is 0. The summed E-state index contributed by atoms with van der Waals surface area (Å²) in [6.07, 6.45) is 4.00. The van der Waals surface area contributed by atoms with E-state index in [2.05, 4.69) is 54.7 Å². The molecule has 3 aliphatic heterocycles. The van der Waals surface area contributed by atoms with Gasteiger partial charge >= 0.3 is 0 Å². The van der Waals surface area contributed by atoms with Gasteiger partial charge in [0.2, 0.25) is 7.29 Å². The zero-order valence-corrected chi connectivity index (χ0v) is 21.1. The molecule has 0 aliphatic carbocycles. The van der Waals surface area contributed by atoms with Crippen LogP contribution in [0.5, 0.6) is 0 Å². The second-order valence-electron chi connectivity index (χ2n) is 9.93. The monoisotopic (exact) mass is 471 g/mol. The van der Waals surface area contributed by atoms with Gasteiger partial charge in [-0.15, -0.1) is 0 Å². The molecule has 0 radical (unpaired) electrons. The maximum absolute atomic E-state index is 15.5. The summed E-state index contributed by atoms with van der Waals surface area (Å²) in [4.78, 5) is 7.16. The Morgan fingerprint density at radius 3 is 2.35 bits per heavy atom. The van der Waals surface area contributed by atoms with Crippen molar-refractivity contribution in [3.05, 3.63) is 76.9 Å². The molecule has 0 bridgehead atoms. The lowest BCUT2D eigenvalue weighted by atomic mass is 9.84. The third kappa shape index (κ3) is 2.82. The molecule has 1 saturated heterocycles. The number of benzene rings is 2. The molecule has 1 aromatic heterocycles. The van der Waals surface area contributed by atoms with Crippen LogP contribution in [0, 0.1) is 6.92 Å². The number of aliphatic imine (C=N–C) groups is 1. The number of fused-ring (bicyclic) bond motifs is 2. The van der Waals surface area contributed by atoms with E-state index in [1.807, 2.05) is 48.2 Å². The molecule has 1 unspecified atom stereocenters. The second kappa shape index (κ2) is 7.53. The molecule has 6 rings (SSSR count). The van der Waals surface area contributed by atoms with Crippen LogP contribution in [0.15, 0.2) is 70.6 Å². The molecule has 1 fully saturated rings. The molecular weight excluding hydrogens is 441 g/mol. The Hall–Kier alpha value is -2.95. The predicted octanol–water partition coefficient (Wildman–Crippen LogP) is 5.54. The van der Waals surface area contributed by atoms with Crippen molar-refractivity contribution < 1.29 is 4.57 Å². The van der Waals surface area contributed by atoms with Crippen molar-refractivity contribution in [1.82, 2.24) is 14.5 Å². The van der Waals surface area contributed by atoms with Crippen LogP contribution in [0.25, 0.3) is 5.69 Å². The van der Waals surface area contributed by atoms with Gasteiger partial charge in [0, 0.05) is 43.2 Å². The Morgan fingerprint density at radius 2 is 1.65 bits per heavy atom. The van der Waals surface area contributed by atoms with Gasteiger partial charge in [0.25, 0.3) is 0 Å². The SMILES string of the molecule is Cc1nn(-c2ccccc2)c2c1P(=O)(N1CCCC1)/C(=C1/N(C)c3ccccc3C1(C)C)C=N2. The second-order valence-corrected chi connectivity index (χ2v) is 12.6. The van der Waals surface area contributed by atoms with Gasteiger partial charge in [0.1, 0.15) is 0 Å². The highest BCUT2D eigenvalue weighted by atomic mass is 31.2. The Balaban J connectivity index is 1.64. The average Bonchev–Trinajstić information content (AvgIpc) is 3.54. The van der Waals surface area contributed by atoms with E-state index in [1.165, 1.54) is 11.3 Å². The fraction of sp³-hybridized carbons (Fsp3) is 0.333. The van der Waals surface area contributed by atoms with E-state index < -0.39 is 7.29 Å². The maximum Gasteiger partial charge on any atom is 0.216 e. The lowest BCUT2D eigenvalue weighted by Crippen LogP contribution is -2.33. The number of likely N-dealkylation sites (N-methyl/N-ethyl adjacent to an activating group) is 1. The topological polar surface area (TPSA) is 53.7 Å². The molecule has 3 aliphatic rings. The molecule has 0 spiro atoms. The van der Waals surface area contributed by atoms with Gasteiger partial charge in [-0.05, 0) is 43.5 Å². The van der Waals surface area contributed by atoms with E-state index in [1.54, 1.807) is 0 Å². The number of allylic oxidation sites excluding steroid dienone is 2. The smallest absolute Gasteiger partial charge is 0.216 e. The molecule has 1 atom stereocenters. The van der Waals surface area contributed by atoms with E-state index in [9.17, 15) is 0 Å². The minimum atomic E-state index is -3.15. The fourth-order valence-corrected chi connectivity index (χ4v) is 9.49. The summed E-state index contributed by atoms with van der Waals surface area (Å²) in [5.74, 6) is 0.694. The van der Waals surface area contributed by atoms with Crippen LogP contribution in [-0.2, 0) is 9.98 Å². The zero-order chi connectivity index (χ0) is 23.7. The van der Waals surface area contributed by atoms with Crippen LogP contribution in [0.2, 0.25) is 0 Å². The summed E-state index contributed by atoms with van der Waals surface area (Å²) in [5.41, 5.74) is 4.93. The van der Waals surface area contributed by atoms with Crippen LogP contribution < -0.4 is 10.2 Å². The number of nitrogens with zero attached hydrogens (tertiary/aromatic N) is 5. The molecule has 34 heavy (non-hydrogen) atoms. The number of rotatable bonds is 2. The quantitative estimate of drug-likeness (QED) is 0.461. The van der Waals surface area contributed by atoms with Crippen LogP contribution in [0.4, 0.5) is 11.5 Å². The van der Waals surface area contributed by atoms with Crippen molar-refractivity contribution >= 4 is 30.3 Å². The Morgan fingerprint density at radius 1 is 0.971 bits per heavy atom. The molecular formula is C27H30N5OP. The summed E-state index contributed by atoms with van der Waals surface area (Å²) >= 11 is 0. The molecule has 3 aromatic rings. The summed E-state index contributed by atoms with van der Waals surface area (Å²) < 4.78 is 19.6. The van der Waals surface area contributed by atoms with Crippen molar-refractivity contribution in [2.45, 2.75) is 39.0 Å². The van der Waals surface area contributed by atoms with Gasteiger partial charge < -0.3 is 4.90 Å². The average molecular weight is 472 g/mol. The first-order valence-corrected chi connectivity index (χ1v) is 13.6. The summed E-state index contributed by atoms with van der Waals surface area (Å²) in [7, 11) is -1.06. The Kier molecular flexibility index (Phi) is 4.78. The molecule has 7 heteroatoms. The van der Waals surface area contributed by atoms with Crippen molar-refractivity contribution in [2.24, 2.45) is 4.99 Å². The number of anilines is 1. The number of para-hydroxylation sites is 2. The first-order valence-electron chi connectivity index (χ1n) is 12.0. The molecule has 4 heterocycles. The first kappa shape index (κ1) is 21.6. The molecule has 174 valence electrons. The molecule has 6 nitrogen and oxygen atoms in total. The summed E-state index contributed by atoms with van der Waals surface area (Å²) in [6, 6.07) is 18.5. The van der Waals surface area contributed by atoms with Gasteiger partial charge in [0.05, 0.1) is 22.0 Å². The lowest BCUT2D eigenvalue weighted by molar-refractivity contribution is 0.488. The van der Waals surface area contributed by atoms with Crippen molar-refractivity contribution in [3.8, 4) is 5.69 Å². The first-order chi connectivity index (χ1) is 16.3. The van der Waals surface area contributed by atoms with Crippen molar-refractivity contribution in [1.29, 1.82) is 0 Å². The molecule has 0 saturated carbocycles. The van der Waals surface area contributed by atoms with Gasteiger partial charge in [-0.1, -0.05) is 50.2 Å². The lowest BCUT2D eigenvalue weighted by Gasteiger charge is -2.36. The van der Waals surface area contributed by atoms with Gasteiger partial charge in [-0.3, -0.25) is 4.57 Å². The molecule has 2 aromatic carbocycles. The van der Waals surface area contributed by atoms with E-state index in [0.717, 1.165) is 53.6 Å². The van der Waals surface area contributed by atoms with Crippen LogP contribution in [0.3, 0.4) is 0 Å². The molecule has 0 amide bonds. The van der Waals surface area contributed by atoms with Crippen LogP contribution >= 0.6 is 7.29 Å². The van der Waals surface area contributed by atoms with E-state index >= 15 is 4.57 Å². The van der Waals surface area contributed by atoms with E-state index in [-0.39, 0.29) is 5.41 Å². The third-order valence-electron chi connectivity index (χ3n) is 7.53. The summed E-state index contributed by atoms with van der Waals surface area (Å²) in [6.45, 7) is 8.09. The number of aryl methyl sites for hydroxylation is 1. The third-order valence-corrected chi connectivity index (χ3v) is 10.8. The number of hydrogen-bond acceptors (Lipinski definition) is 4. The minimum absolute atomic E-state index is 0.289. The van der Waals surface area contributed by atoms with Crippen molar-refractivity contribution in [2.75, 3.05) is 25.0 Å². The minimum Gasteiger partial charge on any atom is -0.346 e. The maximum atomic E-state index is 15.5. The van der Waals surface area contributed by atoms with E-state index in [4.69, 9.17) is 10.1 Å². The Labute approximate surface area is 201 Å². The van der Waals surface area contributed by atoms with Crippen LogP contribution in [-0.4, -0.2) is 40.8 Å². The highest BCUT2D eigenvalue weighted by molar-refractivity contribution is 7.75. The highest BCUT2D eigenvalue weighted by Crippen LogP contribution is 2.64. The van der Waals surface area contributed by atoms with Crippen LogP contribution in [0.1, 0.15) is 37.9 Å². The van der Waals surface area contributed by atoms with Gasteiger partial charge in [-0.2, -0.15) is 5.10 Å². The normalized spacial score (nSPS) is 25.6. The van der Waals surface area contributed by atoms with Gasteiger partial charge in [-0.25, -0.2) is 14.3 Å². The fourth-order valence-electron chi connectivity index (χ4n) is 5.98. The zero-order valence-electron chi connectivity index (χ0n) is 20.2. The standard InChI is InChI=1S/C27H30N5OP/c1-19-24-26(32(29-19)20-12-6-5-7-13-20)28-18-23(34(24,33)31-16-10-11-17-31)25-27(2,3)21-14-8-9-15-22(21)30(25)4/h5-9,12-15,18H,10-11,16-17H2,1-4H3/b25-23+. The predicted molar refractivity (Wildman–Crippen MR) is 139 cm³/mol. The van der Waals surface area contributed by atoms with E-state index in [0.29, 0.717) is 5.82 Å². The van der Waals surface area contributed by atoms with Crippen molar-refractivity contribution in [3.63, 3.8) is 0 Å². The highest BCUT2D eigenvalue weighted by Gasteiger charge is 2.50. The molecule has 0 N–H and O–H groups in total. The largest absolute Gasteiger partial charge is 0.346 e. The summed E-state index contributed by atoms with van der Waals surface area (Å²) in [5, 5.41) is 6.50. The number of aromatic nitrogens is 2.